The number of nitrogens with one attached hydrogen (secondary N) is 1. The number of H-pyrrole nitrogens is 1. The van der Waals surface area contributed by atoms with Crippen LogP contribution in [0.25, 0.3) is 0 Å². The first-order valence-electron chi connectivity index (χ1n) is 5.81. The molecule has 0 saturated carbocycles. The molecule has 1 fully saturated rings. The lowest BCUT2D eigenvalue weighted by Crippen LogP contribution is -2.50. The van der Waals surface area contributed by atoms with E-state index in [4.69, 9.17) is 0 Å². The summed E-state index contributed by atoms with van der Waals surface area (Å²) >= 11 is 0. The molecule has 1 aromatic rings. The number of nitrogens with zero attached hydrogens (tertiary/aromatic N) is 2. The largest absolute Gasteiger partial charge is 0.339 e. The summed E-state index contributed by atoms with van der Waals surface area (Å²) in [5.41, 5.74) is 0.235. The van der Waals surface area contributed by atoms with E-state index in [-0.39, 0.29) is 17.4 Å². The molecular formula is C12H15N3O3. The van der Waals surface area contributed by atoms with Crippen LogP contribution in [0.5, 0.6) is 0 Å². The normalized spacial score (nSPS) is 15.6. The van der Waals surface area contributed by atoms with Crippen LogP contribution in [-0.2, 0) is 4.79 Å². The van der Waals surface area contributed by atoms with Crippen LogP contribution in [0.1, 0.15) is 17.3 Å². The van der Waals surface area contributed by atoms with Crippen molar-refractivity contribution < 1.29 is 9.59 Å². The second-order valence-electron chi connectivity index (χ2n) is 4.24. The van der Waals surface area contributed by atoms with Gasteiger partial charge in [-0.05, 0) is 6.07 Å². The topological polar surface area (TPSA) is 73.5 Å². The summed E-state index contributed by atoms with van der Waals surface area (Å²) < 4.78 is 0. The first-order valence-corrected chi connectivity index (χ1v) is 5.81. The van der Waals surface area contributed by atoms with Crippen molar-refractivity contribution in [2.75, 3.05) is 26.2 Å². The second kappa shape index (κ2) is 5.03. The number of amides is 2. The minimum atomic E-state index is -0.229. The van der Waals surface area contributed by atoms with Crippen LogP contribution in [0.2, 0.25) is 0 Å². The Labute approximate surface area is 104 Å². The highest BCUT2D eigenvalue weighted by molar-refractivity contribution is 5.94. The van der Waals surface area contributed by atoms with E-state index in [1.165, 1.54) is 25.3 Å². The summed E-state index contributed by atoms with van der Waals surface area (Å²) in [5, 5.41) is 0. The van der Waals surface area contributed by atoms with Crippen LogP contribution in [0, 0.1) is 0 Å². The predicted molar refractivity (Wildman–Crippen MR) is 65.2 cm³/mol. The zero-order valence-corrected chi connectivity index (χ0v) is 10.2. The minimum Gasteiger partial charge on any atom is -0.339 e. The Morgan fingerprint density at radius 1 is 1.11 bits per heavy atom. The molecule has 6 nitrogen and oxygen atoms in total. The predicted octanol–water partition coefficient (Wildman–Crippen LogP) is -0.321. The van der Waals surface area contributed by atoms with Gasteiger partial charge >= 0.3 is 0 Å². The number of hydrogen-bond acceptors (Lipinski definition) is 3. The Bertz CT molecular complexity index is 495. The highest BCUT2D eigenvalue weighted by atomic mass is 16.2. The first-order chi connectivity index (χ1) is 8.58. The summed E-state index contributed by atoms with van der Waals surface area (Å²) in [6, 6.07) is 2.84. The number of carbonyl (C=O) groups is 2. The number of piperazine rings is 1. The highest BCUT2D eigenvalue weighted by Gasteiger charge is 2.23. The van der Waals surface area contributed by atoms with Gasteiger partial charge in [-0.15, -0.1) is 0 Å². The maximum atomic E-state index is 12.1. The van der Waals surface area contributed by atoms with Gasteiger partial charge in [0, 0.05) is 45.4 Å². The van der Waals surface area contributed by atoms with Crippen molar-refractivity contribution in [3.8, 4) is 0 Å². The maximum Gasteiger partial charge on any atom is 0.255 e. The molecule has 6 heteroatoms. The zero-order valence-electron chi connectivity index (χ0n) is 10.2. The zero-order chi connectivity index (χ0) is 13.1. The molecule has 0 aromatic carbocycles. The Kier molecular flexibility index (Phi) is 3.45. The van der Waals surface area contributed by atoms with Gasteiger partial charge in [0.1, 0.15) is 0 Å². The van der Waals surface area contributed by atoms with Crippen LogP contribution >= 0.6 is 0 Å². The Hall–Kier alpha value is -2.11. The van der Waals surface area contributed by atoms with Crippen molar-refractivity contribution in [1.29, 1.82) is 0 Å². The van der Waals surface area contributed by atoms with E-state index in [2.05, 4.69) is 4.98 Å². The smallest absolute Gasteiger partial charge is 0.255 e. The number of hydrogen-bond donors (Lipinski definition) is 1. The number of carbonyl (C=O) groups excluding carboxylic acids is 2. The van der Waals surface area contributed by atoms with Gasteiger partial charge in [0.15, 0.2) is 0 Å². The molecule has 2 heterocycles. The van der Waals surface area contributed by atoms with Crippen molar-refractivity contribution in [3.05, 3.63) is 34.2 Å². The maximum absolute atomic E-state index is 12.1. The van der Waals surface area contributed by atoms with Crippen molar-refractivity contribution in [2.24, 2.45) is 0 Å². The molecule has 1 aromatic heterocycles. The molecule has 2 amide bonds. The average molecular weight is 249 g/mol. The lowest BCUT2D eigenvalue weighted by Gasteiger charge is -2.34. The lowest BCUT2D eigenvalue weighted by molar-refractivity contribution is -0.130. The number of aromatic nitrogens is 1. The fourth-order valence-corrected chi connectivity index (χ4v) is 1.95. The standard InChI is InChI=1S/C12H15N3O3/c1-9(16)14-4-6-15(7-5-14)12(18)10-2-3-11(17)13-8-10/h2-3,8H,4-7H2,1H3,(H,13,17). The molecule has 0 unspecified atom stereocenters. The summed E-state index contributed by atoms with van der Waals surface area (Å²) in [6.45, 7) is 3.70. The van der Waals surface area contributed by atoms with Crippen molar-refractivity contribution in [1.82, 2.24) is 14.8 Å². The van der Waals surface area contributed by atoms with E-state index in [1.807, 2.05) is 0 Å². The van der Waals surface area contributed by atoms with E-state index in [0.717, 1.165) is 0 Å². The second-order valence-corrected chi connectivity index (χ2v) is 4.24. The molecule has 1 saturated heterocycles. The molecule has 2 rings (SSSR count). The van der Waals surface area contributed by atoms with Crippen LogP contribution in [0.3, 0.4) is 0 Å². The average Bonchev–Trinajstić information content (AvgIpc) is 2.39. The van der Waals surface area contributed by atoms with E-state index in [9.17, 15) is 14.4 Å². The van der Waals surface area contributed by atoms with E-state index in [1.54, 1.807) is 9.80 Å². The van der Waals surface area contributed by atoms with Gasteiger partial charge in [-0.25, -0.2) is 0 Å². The molecule has 0 aliphatic carbocycles. The minimum absolute atomic E-state index is 0.0335. The fourth-order valence-electron chi connectivity index (χ4n) is 1.95. The van der Waals surface area contributed by atoms with Crippen LogP contribution < -0.4 is 5.56 Å². The fraction of sp³-hybridized carbons (Fsp3) is 0.417. The van der Waals surface area contributed by atoms with Crippen LogP contribution in [-0.4, -0.2) is 52.8 Å². The Morgan fingerprint density at radius 3 is 2.22 bits per heavy atom. The van der Waals surface area contributed by atoms with Gasteiger partial charge in [-0.2, -0.15) is 0 Å². The highest BCUT2D eigenvalue weighted by Crippen LogP contribution is 2.07. The first kappa shape index (κ1) is 12.3. The monoisotopic (exact) mass is 249 g/mol. The van der Waals surface area contributed by atoms with Crippen LogP contribution in [0.15, 0.2) is 23.1 Å². The third-order valence-electron chi connectivity index (χ3n) is 3.04. The quantitative estimate of drug-likeness (QED) is 0.741. The molecule has 96 valence electrons. The van der Waals surface area contributed by atoms with Gasteiger partial charge in [0.2, 0.25) is 11.5 Å². The molecule has 1 aliphatic rings. The molecule has 1 N–H and O–H groups in total. The summed E-state index contributed by atoms with van der Waals surface area (Å²) in [5.74, 6) is -0.0828. The van der Waals surface area contributed by atoms with Crippen molar-refractivity contribution in [2.45, 2.75) is 6.92 Å². The third kappa shape index (κ3) is 2.58. The molecular weight excluding hydrogens is 234 g/mol. The lowest BCUT2D eigenvalue weighted by atomic mass is 10.2. The van der Waals surface area contributed by atoms with Crippen molar-refractivity contribution in [3.63, 3.8) is 0 Å². The number of aromatic amines is 1. The Morgan fingerprint density at radius 2 is 1.72 bits per heavy atom. The molecule has 0 atom stereocenters. The molecule has 18 heavy (non-hydrogen) atoms. The summed E-state index contributed by atoms with van der Waals surface area (Å²) in [6.07, 6.45) is 1.42. The molecule has 0 bridgehead atoms. The number of rotatable bonds is 1. The van der Waals surface area contributed by atoms with Crippen molar-refractivity contribution >= 4 is 11.8 Å². The SMILES string of the molecule is CC(=O)N1CCN(C(=O)c2ccc(=O)[nH]c2)CC1. The number of pyridine rings is 1. The third-order valence-corrected chi connectivity index (χ3v) is 3.04. The molecule has 0 radical (unpaired) electrons. The van der Waals surface area contributed by atoms with E-state index < -0.39 is 0 Å². The van der Waals surface area contributed by atoms with Gasteiger partial charge in [-0.1, -0.05) is 0 Å². The summed E-state index contributed by atoms with van der Waals surface area (Å²) in [7, 11) is 0. The van der Waals surface area contributed by atoms with Gasteiger partial charge in [-0.3, -0.25) is 14.4 Å². The van der Waals surface area contributed by atoms with Crippen LogP contribution in [0.4, 0.5) is 0 Å². The van der Waals surface area contributed by atoms with Gasteiger partial charge < -0.3 is 14.8 Å². The molecule has 0 spiro atoms. The Balaban J connectivity index is 2.01. The van der Waals surface area contributed by atoms with E-state index >= 15 is 0 Å². The molecule has 1 aliphatic heterocycles. The summed E-state index contributed by atoms with van der Waals surface area (Å²) in [4.78, 5) is 40.1. The van der Waals surface area contributed by atoms with Gasteiger partial charge in [0.25, 0.3) is 5.91 Å². The van der Waals surface area contributed by atoms with E-state index in [0.29, 0.717) is 31.7 Å². The van der Waals surface area contributed by atoms with Gasteiger partial charge in [0.05, 0.1) is 5.56 Å².